The molecule has 1 aliphatic carbocycles. The van der Waals surface area contributed by atoms with Crippen molar-refractivity contribution in [2.45, 2.75) is 20.3 Å². The number of amides is 1. The molecule has 0 radical (unpaired) electrons. The van der Waals surface area contributed by atoms with Gasteiger partial charge in [0.15, 0.2) is 0 Å². The highest BCUT2D eigenvalue weighted by atomic mass is 32.2. The number of aliphatic carboxylic acids is 1. The van der Waals surface area contributed by atoms with Gasteiger partial charge in [0.1, 0.15) is 0 Å². The van der Waals surface area contributed by atoms with Crippen molar-refractivity contribution in [3.8, 4) is 0 Å². The van der Waals surface area contributed by atoms with Crippen LogP contribution in [0, 0.1) is 17.3 Å². The molecule has 1 aromatic carbocycles. The maximum atomic E-state index is 12.4. The van der Waals surface area contributed by atoms with Crippen LogP contribution in [0.5, 0.6) is 0 Å². The highest BCUT2D eigenvalue weighted by Crippen LogP contribution is 2.58. The van der Waals surface area contributed by atoms with Crippen LogP contribution in [0.2, 0.25) is 0 Å². The van der Waals surface area contributed by atoms with Gasteiger partial charge in [-0.3, -0.25) is 13.9 Å². The Morgan fingerprint density at radius 3 is 2.54 bits per heavy atom. The van der Waals surface area contributed by atoms with Crippen molar-refractivity contribution < 1.29 is 23.1 Å². The second-order valence-corrected chi connectivity index (χ2v) is 8.91. The van der Waals surface area contributed by atoms with Gasteiger partial charge >= 0.3 is 5.97 Å². The van der Waals surface area contributed by atoms with Gasteiger partial charge in [-0.25, -0.2) is 8.42 Å². The summed E-state index contributed by atoms with van der Waals surface area (Å²) in [5.74, 6) is -2.49. The van der Waals surface area contributed by atoms with Crippen LogP contribution in [0.25, 0.3) is 0 Å². The van der Waals surface area contributed by atoms with E-state index in [9.17, 15) is 18.0 Å². The van der Waals surface area contributed by atoms with Crippen LogP contribution >= 0.6 is 0 Å². The molecular weight excluding hydrogens is 332 g/mol. The number of carbonyl (C=O) groups excluding carboxylic acids is 1. The molecule has 1 saturated carbocycles. The first kappa shape index (κ1) is 16.8. The fraction of sp³-hybridized carbons (Fsp3) is 0.500. The molecule has 3 rings (SSSR count). The van der Waals surface area contributed by atoms with Crippen LogP contribution in [0.1, 0.15) is 20.3 Å². The van der Waals surface area contributed by atoms with Gasteiger partial charge in [-0.15, -0.1) is 0 Å². The number of hydrogen-bond acceptors (Lipinski definition) is 4. The number of sulfonamides is 1. The molecule has 2 aliphatic rings. The molecule has 1 heterocycles. The Balaban J connectivity index is 1.76. The number of benzene rings is 1. The van der Waals surface area contributed by atoms with Gasteiger partial charge in [-0.2, -0.15) is 0 Å². The SMILES string of the molecule is CC1(C)[C@H](C(=O)O)[C@H]1C(=O)Nc1cccc(N2CCCS2(=O)=O)c1. The van der Waals surface area contributed by atoms with E-state index < -0.39 is 33.2 Å². The summed E-state index contributed by atoms with van der Waals surface area (Å²) in [4.78, 5) is 23.5. The van der Waals surface area contributed by atoms with Crippen molar-refractivity contribution >= 4 is 33.3 Å². The molecule has 0 spiro atoms. The van der Waals surface area contributed by atoms with Crippen molar-refractivity contribution in [2.75, 3.05) is 21.9 Å². The highest BCUT2D eigenvalue weighted by molar-refractivity contribution is 7.93. The molecule has 1 aromatic rings. The minimum atomic E-state index is -3.29. The number of carboxylic acids is 1. The van der Waals surface area contributed by atoms with Crippen LogP contribution in [0.4, 0.5) is 11.4 Å². The van der Waals surface area contributed by atoms with E-state index in [0.29, 0.717) is 24.3 Å². The monoisotopic (exact) mass is 352 g/mol. The molecule has 1 aliphatic heterocycles. The van der Waals surface area contributed by atoms with Crippen LogP contribution in [-0.4, -0.2) is 37.7 Å². The molecule has 1 saturated heterocycles. The summed E-state index contributed by atoms with van der Waals surface area (Å²) in [6.07, 6.45) is 0.579. The highest BCUT2D eigenvalue weighted by Gasteiger charge is 2.65. The first-order valence-corrected chi connectivity index (χ1v) is 9.39. The predicted octanol–water partition coefficient (Wildman–Crippen LogP) is 1.52. The summed E-state index contributed by atoms with van der Waals surface area (Å²) in [6.45, 7) is 3.93. The number of nitrogens with zero attached hydrogens (tertiary/aromatic N) is 1. The Morgan fingerprint density at radius 2 is 2.00 bits per heavy atom. The van der Waals surface area contributed by atoms with E-state index in [1.165, 1.54) is 4.31 Å². The molecule has 0 bridgehead atoms. The lowest BCUT2D eigenvalue weighted by molar-refractivity contribution is -0.140. The van der Waals surface area contributed by atoms with Crippen molar-refractivity contribution in [1.29, 1.82) is 0 Å². The van der Waals surface area contributed by atoms with Gasteiger partial charge in [0, 0.05) is 12.2 Å². The molecular formula is C16H20N2O5S. The Labute approximate surface area is 140 Å². The predicted molar refractivity (Wildman–Crippen MR) is 89.2 cm³/mol. The van der Waals surface area contributed by atoms with Crippen molar-refractivity contribution in [1.82, 2.24) is 0 Å². The molecule has 8 heteroatoms. The molecule has 130 valence electrons. The Morgan fingerprint density at radius 1 is 1.29 bits per heavy atom. The average Bonchev–Trinajstić information content (AvgIpc) is 2.88. The van der Waals surface area contributed by atoms with E-state index in [1.807, 2.05) is 0 Å². The maximum absolute atomic E-state index is 12.4. The van der Waals surface area contributed by atoms with Gasteiger partial charge in [0.25, 0.3) is 0 Å². The number of nitrogens with one attached hydrogen (secondary N) is 1. The fourth-order valence-corrected chi connectivity index (χ4v) is 5.03. The second kappa shape index (κ2) is 5.47. The topological polar surface area (TPSA) is 104 Å². The second-order valence-electron chi connectivity index (χ2n) is 6.90. The minimum absolute atomic E-state index is 0.125. The van der Waals surface area contributed by atoms with Gasteiger partial charge in [0.2, 0.25) is 15.9 Å². The summed E-state index contributed by atoms with van der Waals surface area (Å²) >= 11 is 0. The smallest absolute Gasteiger partial charge is 0.307 e. The van der Waals surface area contributed by atoms with E-state index in [1.54, 1.807) is 38.1 Å². The first-order chi connectivity index (χ1) is 11.1. The molecule has 7 nitrogen and oxygen atoms in total. The molecule has 0 aromatic heterocycles. The third-order valence-electron chi connectivity index (χ3n) is 4.88. The zero-order valence-corrected chi connectivity index (χ0v) is 14.3. The Hall–Kier alpha value is -2.09. The zero-order chi connectivity index (χ0) is 17.7. The number of hydrogen-bond donors (Lipinski definition) is 2. The van der Waals surface area contributed by atoms with Crippen molar-refractivity contribution in [2.24, 2.45) is 17.3 Å². The molecule has 0 unspecified atom stereocenters. The van der Waals surface area contributed by atoms with E-state index in [0.717, 1.165) is 0 Å². The minimum Gasteiger partial charge on any atom is -0.481 e. The number of anilines is 2. The number of rotatable bonds is 4. The first-order valence-electron chi connectivity index (χ1n) is 7.79. The fourth-order valence-electron chi connectivity index (χ4n) is 3.48. The van der Waals surface area contributed by atoms with Gasteiger partial charge in [-0.1, -0.05) is 19.9 Å². The van der Waals surface area contributed by atoms with Gasteiger partial charge in [-0.05, 0) is 30.0 Å². The molecule has 2 atom stereocenters. The summed E-state index contributed by atoms with van der Waals surface area (Å²) < 4.78 is 25.3. The van der Waals surface area contributed by atoms with Crippen molar-refractivity contribution in [3.63, 3.8) is 0 Å². The number of carbonyl (C=O) groups is 2. The average molecular weight is 352 g/mol. The van der Waals surface area contributed by atoms with Crippen LogP contribution in [0.3, 0.4) is 0 Å². The Kier molecular flexibility index (Phi) is 3.82. The van der Waals surface area contributed by atoms with E-state index >= 15 is 0 Å². The summed E-state index contributed by atoms with van der Waals surface area (Å²) in [5.41, 5.74) is 0.396. The summed E-state index contributed by atoms with van der Waals surface area (Å²) in [6, 6.07) is 6.62. The van der Waals surface area contributed by atoms with Gasteiger partial charge < -0.3 is 10.4 Å². The zero-order valence-electron chi connectivity index (χ0n) is 13.5. The van der Waals surface area contributed by atoms with Crippen LogP contribution in [-0.2, 0) is 19.6 Å². The number of carboxylic acid groups (broad SMARTS) is 1. The molecule has 24 heavy (non-hydrogen) atoms. The normalized spacial score (nSPS) is 26.8. The molecule has 2 N–H and O–H groups in total. The Bertz CT molecular complexity index is 802. The van der Waals surface area contributed by atoms with Crippen LogP contribution < -0.4 is 9.62 Å². The maximum Gasteiger partial charge on any atom is 0.307 e. The summed E-state index contributed by atoms with van der Waals surface area (Å²) in [7, 11) is -3.29. The molecule has 1 amide bonds. The lowest BCUT2D eigenvalue weighted by atomic mass is 10.1. The molecule has 2 fully saturated rings. The third-order valence-corrected chi connectivity index (χ3v) is 6.75. The lowest BCUT2D eigenvalue weighted by Crippen LogP contribution is -2.25. The van der Waals surface area contributed by atoms with E-state index in [-0.39, 0.29) is 11.7 Å². The third kappa shape index (κ3) is 2.75. The van der Waals surface area contributed by atoms with E-state index in [2.05, 4.69) is 5.32 Å². The summed E-state index contributed by atoms with van der Waals surface area (Å²) in [5, 5.41) is 11.9. The van der Waals surface area contributed by atoms with Gasteiger partial charge in [0.05, 0.1) is 23.3 Å². The van der Waals surface area contributed by atoms with Crippen LogP contribution in [0.15, 0.2) is 24.3 Å². The largest absolute Gasteiger partial charge is 0.481 e. The standard InChI is InChI=1S/C16H20N2O5S/c1-16(2)12(13(16)15(20)21)14(19)17-10-5-3-6-11(9-10)18-7-4-8-24(18,22)23/h3,5-6,9,12-13H,4,7-8H2,1-2H3,(H,17,19)(H,20,21)/t12-,13-/m0/s1. The quantitative estimate of drug-likeness (QED) is 0.855. The van der Waals surface area contributed by atoms with E-state index in [4.69, 9.17) is 5.11 Å². The lowest BCUT2D eigenvalue weighted by Gasteiger charge is -2.18. The van der Waals surface area contributed by atoms with Crippen molar-refractivity contribution in [3.05, 3.63) is 24.3 Å².